The Morgan fingerprint density at radius 2 is 1.84 bits per heavy atom. The van der Waals surface area contributed by atoms with Crippen LogP contribution in [-0.2, 0) is 0 Å². The van der Waals surface area contributed by atoms with Crippen LogP contribution in [0.4, 0.5) is 13.2 Å². The number of rotatable bonds is 5. The van der Waals surface area contributed by atoms with Crippen molar-refractivity contribution in [3.63, 3.8) is 0 Å². The van der Waals surface area contributed by atoms with Gasteiger partial charge in [-0.15, -0.1) is 13.2 Å². The average Bonchev–Trinajstić information content (AvgIpc) is 2.29. The van der Waals surface area contributed by atoms with Crippen LogP contribution in [0.2, 0.25) is 0 Å². The Kier molecular flexibility index (Phi) is 5.42. The number of nitrogens with one attached hydrogen (secondary N) is 1. The molecule has 1 rings (SSSR count). The molecule has 2 nitrogen and oxygen atoms in total. The van der Waals surface area contributed by atoms with Crippen molar-refractivity contribution in [1.82, 2.24) is 5.32 Å². The lowest BCUT2D eigenvalue weighted by molar-refractivity contribution is -0.274. The fourth-order valence-corrected chi connectivity index (χ4v) is 1.61. The Morgan fingerprint density at radius 1 is 1.26 bits per heavy atom. The van der Waals surface area contributed by atoms with Gasteiger partial charge in [-0.1, -0.05) is 37.6 Å². The van der Waals surface area contributed by atoms with Gasteiger partial charge in [0.15, 0.2) is 0 Å². The minimum Gasteiger partial charge on any atom is -0.406 e. The van der Waals surface area contributed by atoms with E-state index in [9.17, 15) is 13.2 Å². The standard InChI is InChI=1S/C14H18F3NO/c1-10(2)12(9-18-3)8-11-4-6-13(7-5-11)19-14(15,16)17/h4-8,10,18H,9H2,1-3H3. The fraction of sp³-hybridized carbons (Fsp3) is 0.429. The second kappa shape index (κ2) is 6.61. The van der Waals surface area contributed by atoms with E-state index >= 15 is 0 Å². The molecule has 19 heavy (non-hydrogen) atoms. The van der Waals surface area contributed by atoms with E-state index in [0.29, 0.717) is 5.92 Å². The van der Waals surface area contributed by atoms with Gasteiger partial charge in [-0.05, 0) is 30.7 Å². The van der Waals surface area contributed by atoms with E-state index in [1.54, 1.807) is 12.1 Å². The summed E-state index contributed by atoms with van der Waals surface area (Å²) in [6.07, 6.45) is -2.68. The fourth-order valence-electron chi connectivity index (χ4n) is 1.61. The Balaban J connectivity index is 2.83. The summed E-state index contributed by atoms with van der Waals surface area (Å²) in [6.45, 7) is 4.90. The maximum atomic E-state index is 12.0. The number of hydrogen-bond donors (Lipinski definition) is 1. The number of hydrogen-bond acceptors (Lipinski definition) is 2. The van der Waals surface area contributed by atoms with Crippen LogP contribution >= 0.6 is 0 Å². The van der Waals surface area contributed by atoms with Crippen molar-refractivity contribution in [2.24, 2.45) is 5.92 Å². The highest BCUT2D eigenvalue weighted by Gasteiger charge is 2.30. The highest BCUT2D eigenvalue weighted by atomic mass is 19.4. The van der Waals surface area contributed by atoms with Crippen LogP contribution in [0.1, 0.15) is 19.4 Å². The van der Waals surface area contributed by atoms with Crippen molar-refractivity contribution in [2.75, 3.05) is 13.6 Å². The van der Waals surface area contributed by atoms with E-state index in [1.807, 2.05) is 13.1 Å². The number of alkyl halides is 3. The molecular weight excluding hydrogens is 255 g/mol. The average molecular weight is 273 g/mol. The summed E-state index contributed by atoms with van der Waals surface area (Å²) in [6, 6.07) is 5.85. The Bertz CT molecular complexity index is 421. The molecule has 1 N–H and O–H groups in total. The highest BCUT2D eigenvalue weighted by molar-refractivity contribution is 5.54. The van der Waals surface area contributed by atoms with E-state index < -0.39 is 6.36 Å². The molecule has 0 aliphatic heterocycles. The molecule has 0 bridgehead atoms. The van der Waals surface area contributed by atoms with Gasteiger partial charge in [-0.2, -0.15) is 0 Å². The van der Waals surface area contributed by atoms with Gasteiger partial charge in [0.2, 0.25) is 0 Å². The maximum absolute atomic E-state index is 12.0. The SMILES string of the molecule is CNCC(=Cc1ccc(OC(F)(F)F)cc1)C(C)C. The maximum Gasteiger partial charge on any atom is 0.573 e. The summed E-state index contributed by atoms with van der Waals surface area (Å²) >= 11 is 0. The molecule has 1 aromatic rings. The van der Waals surface area contributed by atoms with Crippen molar-refractivity contribution in [1.29, 1.82) is 0 Å². The summed E-state index contributed by atoms with van der Waals surface area (Å²) in [5.41, 5.74) is 2.04. The predicted molar refractivity (Wildman–Crippen MR) is 69.9 cm³/mol. The minimum atomic E-state index is -4.65. The minimum absolute atomic E-state index is 0.204. The lowest BCUT2D eigenvalue weighted by Crippen LogP contribution is -2.17. The van der Waals surface area contributed by atoms with Crippen LogP contribution in [-0.4, -0.2) is 20.0 Å². The quantitative estimate of drug-likeness (QED) is 0.880. The second-order valence-electron chi connectivity index (χ2n) is 4.52. The zero-order valence-corrected chi connectivity index (χ0v) is 11.2. The lowest BCUT2D eigenvalue weighted by atomic mass is 10.0. The molecule has 0 aromatic heterocycles. The molecule has 0 aliphatic carbocycles. The van der Waals surface area contributed by atoms with Gasteiger partial charge in [0, 0.05) is 6.54 Å². The van der Waals surface area contributed by atoms with Crippen molar-refractivity contribution >= 4 is 6.08 Å². The van der Waals surface area contributed by atoms with E-state index in [4.69, 9.17) is 0 Å². The van der Waals surface area contributed by atoms with E-state index in [2.05, 4.69) is 23.9 Å². The normalized spacial score (nSPS) is 12.9. The predicted octanol–water partition coefficient (Wildman–Crippen LogP) is 3.84. The molecule has 0 amide bonds. The van der Waals surface area contributed by atoms with Crippen molar-refractivity contribution < 1.29 is 17.9 Å². The number of ether oxygens (including phenoxy) is 1. The summed E-state index contributed by atoms with van der Waals surface area (Å²) in [7, 11) is 1.86. The molecule has 0 unspecified atom stereocenters. The summed E-state index contributed by atoms with van der Waals surface area (Å²) in [4.78, 5) is 0. The molecule has 0 aliphatic rings. The van der Waals surface area contributed by atoms with Gasteiger partial charge in [-0.25, -0.2) is 0 Å². The molecule has 0 saturated carbocycles. The van der Waals surface area contributed by atoms with Crippen LogP contribution in [0, 0.1) is 5.92 Å². The summed E-state index contributed by atoms with van der Waals surface area (Å²) in [5, 5.41) is 3.07. The highest BCUT2D eigenvalue weighted by Crippen LogP contribution is 2.23. The topological polar surface area (TPSA) is 21.3 Å². The molecule has 0 saturated heterocycles. The molecule has 0 atom stereocenters. The van der Waals surface area contributed by atoms with Crippen molar-refractivity contribution in [3.8, 4) is 5.75 Å². The number of likely N-dealkylation sites (N-methyl/N-ethyl adjacent to an activating group) is 1. The summed E-state index contributed by atoms with van der Waals surface area (Å²) in [5.74, 6) is 0.169. The Hall–Kier alpha value is -1.49. The number of halogens is 3. The Labute approximate surface area is 111 Å². The zero-order chi connectivity index (χ0) is 14.5. The van der Waals surface area contributed by atoms with Gasteiger partial charge < -0.3 is 10.1 Å². The first-order valence-electron chi connectivity index (χ1n) is 6.02. The zero-order valence-electron chi connectivity index (χ0n) is 11.2. The van der Waals surface area contributed by atoms with Gasteiger partial charge in [0.25, 0.3) is 0 Å². The lowest BCUT2D eigenvalue weighted by Gasteiger charge is -2.12. The van der Waals surface area contributed by atoms with Crippen LogP contribution < -0.4 is 10.1 Å². The van der Waals surface area contributed by atoms with Crippen molar-refractivity contribution in [3.05, 3.63) is 35.4 Å². The largest absolute Gasteiger partial charge is 0.573 e. The first-order chi connectivity index (χ1) is 8.81. The van der Waals surface area contributed by atoms with E-state index in [0.717, 1.165) is 12.1 Å². The van der Waals surface area contributed by atoms with Crippen LogP contribution in [0.3, 0.4) is 0 Å². The van der Waals surface area contributed by atoms with Gasteiger partial charge >= 0.3 is 6.36 Å². The molecule has 0 heterocycles. The van der Waals surface area contributed by atoms with E-state index in [1.165, 1.54) is 17.7 Å². The molecule has 0 fully saturated rings. The third-order valence-electron chi connectivity index (χ3n) is 2.59. The summed E-state index contributed by atoms with van der Waals surface area (Å²) < 4.78 is 39.9. The third kappa shape index (κ3) is 5.79. The monoisotopic (exact) mass is 273 g/mol. The first kappa shape index (κ1) is 15.6. The third-order valence-corrected chi connectivity index (χ3v) is 2.59. The molecule has 1 aromatic carbocycles. The molecule has 5 heteroatoms. The Morgan fingerprint density at radius 3 is 2.26 bits per heavy atom. The molecule has 0 radical (unpaired) electrons. The second-order valence-corrected chi connectivity index (χ2v) is 4.52. The molecule has 0 spiro atoms. The number of benzene rings is 1. The van der Waals surface area contributed by atoms with E-state index in [-0.39, 0.29) is 5.75 Å². The van der Waals surface area contributed by atoms with Crippen LogP contribution in [0.25, 0.3) is 6.08 Å². The van der Waals surface area contributed by atoms with Crippen LogP contribution in [0.15, 0.2) is 29.8 Å². The van der Waals surface area contributed by atoms with Gasteiger partial charge in [-0.3, -0.25) is 0 Å². The van der Waals surface area contributed by atoms with Crippen LogP contribution in [0.5, 0.6) is 5.75 Å². The molecular formula is C14H18F3NO. The van der Waals surface area contributed by atoms with Gasteiger partial charge in [0.1, 0.15) is 5.75 Å². The smallest absolute Gasteiger partial charge is 0.406 e. The van der Waals surface area contributed by atoms with Crippen molar-refractivity contribution in [2.45, 2.75) is 20.2 Å². The first-order valence-corrected chi connectivity index (χ1v) is 6.02. The molecule has 106 valence electrons. The van der Waals surface area contributed by atoms with Gasteiger partial charge in [0.05, 0.1) is 0 Å².